The number of nitrogens with one attached hydrogen (secondary N) is 1. The topological polar surface area (TPSA) is 69.6 Å². The number of urea groups is 1. The molecule has 1 aromatic carbocycles. The van der Waals surface area contributed by atoms with Gasteiger partial charge < -0.3 is 15.3 Å². The maximum absolute atomic E-state index is 13.0. The molecule has 0 aromatic heterocycles. The zero-order valence-corrected chi connectivity index (χ0v) is 11.5. The van der Waals surface area contributed by atoms with Crippen molar-refractivity contribution >= 4 is 23.8 Å². The molecule has 7 heteroatoms. The molecule has 1 unspecified atom stereocenters. The molecule has 0 aliphatic carbocycles. The van der Waals surface area contributed by atoms with Gasteiger partial charge in [-0.05, 0) is 17.7 Å². The quantitative estimate of drug-likeness (QED) is 0.888. The summed E-state index contributed by atoms with van der Waals surface area (Å²) in [5.41, 5.74) is 0.636. The van der Waals surface area contributed by atoms with Gasteiger partial charge >= 0.3 is 12.0 Å². The van der Waals surface area contributed by atoms with Crippen LogP contribution in [0.15, 0.2) is 24.3 Å². The second-order valence-electron chi connectivity index (χ2n) is 4.41. The van der Waals surface area contributed by atoms with E-state index in [0.29, 0.717) is 17.9 Å². The first-order valence-electron chi connectivity index (χ1n) is 6.17. The van der Waals surface area contributed by atoms with Gasteiger partial charge in [-0.2, -0.15) is 11.8 Å². The molecule has 1 saturated heterocycles. The Morgan fingerprint density at radius 2 is 2.30 bits per heavy atom. The largest absolute Gasteiger partial charge is 0.480 e. The second kappa shape index (κ2) is 6.60. The number of nitrogens with zero attached hydrogens (tertiary/aromatic N) is 1. The number of rotatable bonds is 3. The van der Waals surface area contributed by atoms with Crippen LogP contribution in [-0.2, 0) is 11.3 Å². The van der Waals surface area contributed by atoms with Gasteiger partial charge in [-0.3, -0.25) is 0 Å². The third kappa shape index (κ3) is 3.63. The van der Waals surface area contributed by atoms with E-state index >= 15 is 0 Å². The molecule has 1 aliphatic rings. The highest BCUT2D eigenvalue weighted by Gasteiger charge is 2.32. The molecule has 1 aromatic rings. The summed E-state index contributed by atoms with van der Waals surface area (Å²) in [6.45, 7) is 0.573. The molecule has 1 atom stereocenters. The third-order valence-corrected chi connectivity index (χ3v) is 4.03. The highest BCUT2D eigenvalue weighted by molar-refractivity contribution is 7.99. The summed E-state index contributed by atoms with van der Waals surface area (Å²) in [4.78, 5) is 24.4. The van der Waals surface area contributed by atoms with Crippen LogP contribution in [0.2, 0.25) is 0 Å². The van der Waals surface area contributed by atoms with Crippen LogP contribution in [0.1, 0.15) is 5.56 Å². The molecular weight excluding hydrogens is 283 g/mol. The number of aliphatic carboxylic acids is 1. The SMILES string of the molecule is O=C(O)C1CSCCN1C(=O)NCc1cccc(F)c1. The molecule has 1 aliphatic heterocycles. The van der Waals surface area contributed by atoms with E-state index in [4.69, 9.17) is 5.11 Å². The first kappa shape index (κ1) is 14.6. The van der Waals surface area contributed by atoms with Crippen molar-refractivity contribution < 1.29 is 19.1 Å². The minimum atomic E-state index is -1.00. The van der Waals surface area contributed by atoms with Crippen LogP contribution in [0.3, 0.4) is 0 Å². The second-order valence-corrected chi connectivity index (χ2v) is 5.56. The van der Waals surface area contributed by atoms with Crippen LogP contribution in [0.25, 0.3) is 0 Å². The minimum Gasteiger partial charge on any atom is -0.480 e. The predicted octanol–water partition coefficient (Wildman–Crippen LogP) is 1.54. The number of carbonyl (C=O) groups excluding carboxylic acids is 1. The van der Waals surface area contributed by atoms with Gasteiger partial charge in [0.1, 0.15) is 11.9 Å². The van der Waals surface area contributed by atoms with E-state index in [-0.39, 0.29) is 12.4 Å². The summed E-state index contributed by atoms with van der Waals surface area (Å²) in [7, 11) is 0. The van der Waals surface area contributed by atoms with Crippen LogP contribution in [0.4, 0.5) is 9.18 Å². The fourth-order valence-electron chi connectivity index (χ4n) is 1.98. The van der Waals surface area contributed by atoms with Gasteiger partial charge in [0.2, 0.25) is 0 Å². The molecule has 0 spiro atoms. The number of amides is 2. The lowest BCUT2D eigenvalue weighted by Crippen LogP contribution is -2.53. The number of benzene rings is 1. The van der Waals surface area contributed by atoms with Crippen molar-refractivity contribution in [2.75, 3.05) is 18.1 Å². The number of carboxylic acids is 1. The zero-order valence-electron chi connectivity index (χ0n) is 10.7. The van der Waals surface area contributed by atoms with Gasteiger partial charge in [0.25, 0.3) is 0 Å². The summed E-state index contributed by atoms with van der Waals surface area (Å²) >= 11 is 1.52. The maximum atomic E-state index is 13.0. The van der Waals surface area contributed by atoms with E-state index in [1.165, 1.54) is 28.8 Å². The molecule has 1 fully saturated rings. The average Bonchev–Trinajstić information content (AvgIpc) is 2.45. The van der Waals surface area contributed by atoms with Crippen LogP contribution >= 0.6 is 11.8 Å². The van der Waals surface area contributed by atoms with E-state index in [0.717, 1.165) is 5.75 Å². The van der Waals surface area contributed by atoms with Crippen LogP contribution < -0.4 is 5.32 Å². The predicted molar refractivity (Wildman–Crippen MR) is 74.1 cm³/mol. The standard InChI is InChI=1S/C13H15FN2O3S/c14-10-3-1-2-9(6-10)7-15-13(19)16-4-5-20-8-11(16)12(17)18/h1-3,6,11H,4-5,7-8H2,(H,15,19)(H,17,18). The van der Waals surface area contributed by atoms with Crippen LogP contribution in [0, 0.1) is 5.82 Å². The number of halogens is 1. The summed E-state index contributed by atoms with van der Waals surface area (Å²) in [5, 5.41) is 11.7. The van der Waals surface area contributed by atoms with Gasteiger partial charge in [0.05, 0.1) is 0 Å². The lowest BCUT2D eigenvalue weighted by Gasteiger charge is -2.32. The zero-order chi connectivity index (χ0) is 14.5. The third-order valence-electron chi connectivity index (χ3n) is 3.01. The fraction of sp³-hybridized carbons (Fsp3) is 0.385. The monoisotopic (exact) mass is 298 g/mol. The summed E-state index contributed by atoms with van der Waals surface area (Å²) in [5.74, 6) is -0.257. The smallest absolute Gasteiger partial charge is 0.327 e. The minimum absolute atomic E-state index is 0.173. The van der Waals surface area contributed by atoms with Crippen molar-refractivity contribution in [2.24, 2.45) is 0 Å². The highest BCUT2D eigenvalue weighted by atomic mass is 32.2. The Labute approximate surface area is 120 Å². The van der Waals surface area contributed by atoms with Crippen molar-refractivity contribution in [2.45, 2.75) is 12.6 Å². The Balaban J connectivity index is 1.95. The summed E-state index contributed by atoms with van der Waals surface area (Å²) < 4.78 is 13.0. The summed E-state index contributed by atoms with van der Waals surface area (Å²) in [6, 6.07) is 4.69. The van der Waals surface area contributed by atoms with Crippen molar-refractivity contribution in [3.05, 3.63) is 35.6 Å². The van der Waals surface area contributed by atoms with E-state index in [9.17, 15) is 14.0 Å². The number of thioether (sulfide) groups is 1. The molecule has 1 heterocycles. The molecule has 20 heavy (non-hydrogen) atoms. The van der Waals surface area contributed by atoms with Crippen molar-refractivity contribution in [3.8, 4) is 0 Å². The highest BCUT2D eigenvalue weighted by Crippen LogP contribution is 2.16. The van der Waals surface area contributed by atoms with E-state index in [1.54, 1.807) is 12.1 Å². The first-order chi connectivity index (χ1) is 9.58. The van der Waals surface area contributed by atoms with Crippen molar-refractivity contribution in [1.29, 1.82) is 0 Å². The number of carboxylic acid groups (broad SMARTS) is 1. The van der Waals surface area contributed by atoms with E-state index in [1.807, 2.05) is 0 Å². The van der Waals surface area contributed by atoms with Gasteiger partial charge in [-0.25, -0.2) is 14.0 Å². The Morgan fingerprint density at radius 1 is 1.50 bits per heavy atom. The maximum Gasteiger partial charge on any atom is 0.327 e. The molecule has 2 N–H and O–H groups in total. The summed E-state index contributed by atoms with van der Waals surface area (Å²) in [6.07, 6.45) is 0. The van der Waals surface area contributed by atoms with Gasteiger partial charge in [-0.1, -0.05) is 12.1 Å². The fourth-order valence-corrected chi connectivity index (χ4v) is 3.02. The van der Waals surface area contributed by atoms with Gasteiger partial charge in [0, 0.05) is 24.6 Å². The lowest BCUT2D eigenvalue weighted by molar-refractivity contribution is -0.141. The molecular formula is C13H15FN2O3S. The number of carbonyl (C=O) groups is 2. The number of hydrogen-bond acceptors (Lipinski definition) is 3. The molecule has 0 bridgehead atoms. The normalized spacial score (nSPS) is 18.6. The number of hydrogen-bond donors (Lipinski definition) is 2. The molecule has 2 amide bonds. The Morgan fingerprint density at radius 3 is 3.00 bits per heavy atom. The Kier molecular flexibility index (Phi) is 4.84. The molecule has 5 nitrogen and oxygen atoms in total. The Hall–Kier alpha value is -1.76. The first-order valence-corrected chi connectivity index (χ1v) is 7.33. The van der Waals surface area contributed by atoms with E-state index in [2.05, 4.69) is 5.32 Å². The van der Waals surface area contributed by atoms with Gasteiger partial charge in [-0.15, -0.1) is 0 Å². The van der Waals surface area contributed by atoms with Crippen molar-refractivity contribution in [3.63, 3.8) is 0 Å². The lowest BCUT2D eigenvalue weighted by atomic mass is 10.2. The molecule has 2 rings (SSSR count). The van der Waals surface area contributed by atoms with E-state index < -0.39 is 18.0 Å². The van der Waals surface area contributed by atoms with Gasteiger partial charge in [0.15, 0.2) is 0 Å². The molecule has 108 valence electrons. The molecule has 0 saturated carbocycles. The van der Waals surface area contributed by atoms with Crippen LogP contribution in [-0.4, -0.2) is 46.1 Å². The van der Waals surface area contributed by atoms with Crippen LogP contribution in [0.5, 0.6) is 0 Å². The molecule has 0 radical (unpaired) electrons. The van der Waals surface area contributed by atoms with Crippen molar-refractivity contribution in [1.82, 2.24) is 10.2 Å². The average molecular weight is 298 g/mol. The Bertz CT molecular complexity index is 512.